The zero-order chi connectivity index (χ0) is 28.1. The van der Waals surface area contributed by atoms with Crippen molar-refractivity contribution in [3.8, 4) is 11.1 Å². The zero-order valence-electron chi connectivity index (χ0n) is 25.0. The Morgan fingerprint density at radius 1 is 0.700 bits per heavy atom. The Balaban J connectivity index is 1.61. The third kappa shape index (κ3) is 6.80. The summed E-state index contributed by atoms with van der Waals surface area (Å²) in [7, 11) is 0.660. The second-order valence-electron chi connectivity index (χ2n) is 12.8. The third-order valence-electron chi connectivity index (χ3n) is 8.93. The molecule has 214 valence electrons. The van der Waals surface area contributed by atoms with Crippen LogP contribution in [-0.2, 0) is 11.0 Å². The molecule has 0 bridgehead atoms. The van der Waals surface area contributed by atoms with Gasteiger partial charge in [-0.05, 0) is 85.3 Å². The third-order valence-corrected chi connectivity index (χ3v) is 14.3. The van der Waals surface area contributed by atoms with E-state index >= 15 is 0 Å². The maximum Gasteiger partial charge on any atom is 0.100 e. The van der Waals surface area contributed by atoms with Gasteiger partial charge in [-0.15, -0.1) is 0 Å². The normalized spacial score (nSPS) is 19.1. The molecule has 0 radical (unpaired) electrons. The number of hydrogen-bond donors (Lipinski definition) is 0. The molecule has 2 fully saturated rings. The molecule has 0 saturated heterocycles. The van der Waals surface area contributed by atoms with Crippen molar-refractivity contribution in [2.45, 2.75) is 107 Å². The highest BCUT2D eigenvalue weighted by molar-refractivity contribution is 7.84. The summed E-state index contributed by atoms with van der Waals surface area (Å²) in [5.74, 6) is 0. The van der Waals surface area contributed by atoms with Crippen LogP contribution < -0.4 is 5.30 Å². The summed E-state index contributed by atoms with van der Waals surface area (Å²) < 4.78 is 15.8. The summed E-state index contributed by atoms with van der Waals surface area (Å²) in [6.45, 7) is 6.29. The van der Waals surface area contributed by atoms with Crippen LogP contribution in [0, 0.1) is 0 Å². The highest BCUT2D eigenvalue weighted by Crippen LogP contribution is 2.56. The van der Waals surface area contributed by atoms with E-state index in [0.717, 1.165) is 11.3 Å². The molecule has 4 heteroatoms. The minimum Gasteiger partial charge on any atom is -0.242 e. The lowest BCUT2D eigenvalue weighted by Crippen LogP contribution is -2.39. The van der Waals surface area contributed by atoms with Crippen molar-refractivity contribution in [3.05, 3.63) is 90.0 Å². The summed E-state index contributed by atoms with van der Waals surface area (Å²) in [5, 5.41) is 1.59. The Kier molecular flexibility index (Phi) is 9.98. The minimum absolute atomic E-state index is 0.0433. The Bertz CT molecular complexity index is 1220. The first-order valence-electron chi connectivity index (χ1n) is 15.5. The fourth-order valence-electron chi connectivity index (χ4n) is 6.97. The molecule has 5 rings (SSSR count). The Hall–Kier alpha value is -1.80. The zero-order valence-corrected chi connectivity index (χ0v) is 26.7. The van der Waals surface area contributed by atoms with Crippen molar-refractivity contribution in [1.29, 1.82) is 0 Å². The van der Waals surface area contributed by atoms with E-state index in [4.69, 9.17) is 0 Å². The average molecular weight is 574 g/mol. The molecule has 2 aliphatic rings. The van der Waals surface area contributed by atoms with Gasteiger partial charge in [0, 0.05) is 7.05 Å². The Morgan fingerprint density at radius 2 is 1.20 bits per heavy atom. The van der Waals surface area contributed by atoms with E-state index in [-0.39, 0.29) is 18.7 Å². The number of benzene rings is 3. The Labute approximate surface area is 247 Å². The fourth-order valence-corrected chi connectivity index (χ4v) is 12.2. The molecule has 3 aromatic carbocycles. The van der Waals surface area contributed by atoms with Crippen molar-refractivity contribution in [3.63, 3.8) is 0 Å². The Morgan fingerprint density at radius 3 is 1.75 bits per heavy atom. The molecule has 2 saturated carbocycles. The van der Waals surface area contributed by atoms with E-state index < -0.39 is 11.0 Å². The van der Waals surface area contributed by atoms with E-state index in [1.165, 1.54) is 86.5 Å². The number of hydrogen-bond acceptors (Lipinski definition) is 1. The van der Waals surface area contributed by atoms with Crippen LogP contribution in [0.5, 0.6) is 0 Å². The van der Waals surface area contributed by atoms with Crippen LogP contribution in [0.1, 0.15) is 102 Å². The molecule has 0 amide bonds. The van der Waals surface area contributed by atoms with Gasteiger partial charge in [-0.1, -0.05) is 125 Å². The molecule has 40 heavy (non-hydrogen) atoms. The molecule has 2 nitrogen and oxygen atoms in total. The van der Waals surface area contributed by atoms with E-state index in [2.05, 4.69) is 111 Å². The van der Waals surface area contributed by atoms with Crippen LogP contribution >= 0.6 is 7.92 Å². The highest BCUT2D eigenvalue weighted by atomic mass is 32.2. The van der Waals surface area contributed by atoms with Gasteiger partial charge in [-0.25, -0.2) is 8.51 Å². The summed E-state index contributed by atoms with van der Waals surface area (Å²) in [6.07, 6.45) is 13.9. The monoisotopic (exact) mass is 573 g/mol. The lowest BCUT2D eigenvalue weighted by molar-refractivity contribution is 0.441. The van der Waals surface area contributed by atoms with Gasteiger partial charge in [-0.3, -0.25) is 0 Å². The molecule has 0 aliphatic heterocycles. The van der Waals surface area contributed by atoms with Gasteiger partial charge in [-0.2, -0.15) is 0 Å². The maximum absolute atomic E-state index is 14.0. The summed E-state index contributed by atoms with van der Waals surface area (Å²) in [5.41, 5.74) is 6.73. The van der Waals surface area contributed by atoms with Crippen LogP contribution in [0.25, 0.3) is 11.1 Å². The van der Waals surface area contributed by atoms with Crippen molar-refractivity contribution in [2.75, 3.05) is 7.05 Å². The number of rotatable bonds is 8. The molecular weight excluding hydrogens is 525 g/mol. The molecule has 2 aliphatic carbocycles. The van der Waals surface area contributed by atoms with Crippen LogP contribution in [0.2, 0.25) is 0 Å². The molecule has 0 heterocycles. The average Bonchev–Trinajstić information content (AvgIpc) is 2.99. The summed E-state index contributed by atoms with van der Waals surface area (Å²) in [6, 6.07) is 28.9. The second kappa shape index (κ2) is 13.5. The standard InChI is InChI=1S/C36H48NOPS/c1-36(2,3)40(38)37(4)35(30-26-24-29(25-27-30)28-16-8-5-9-17-28)33-22-14-15-23-34(33)39(31-18-10-6-11-19-31)32-20-12-7-13-21-32/h5,8-9,14-17,22-27,31-32,35H,6-7,10-13,18-21H2,1-4H3/t35-,40+/m0/s1. The van der Waals surface area contributed by atoms with Gasteiger partial charge in [0.15, 0.2) is 0 Å². The quantitative estimate of drug-likeness (QED) is 0.246. The molecule has 0 aromatic heterocycles. The van der Waals surface area contributed by atoms with Gasteiger partial charge in [0.1, 0.15) is 11.0 Å². The SMILES string of the molecule is CN([C@@H](c1ccc(-c2ccccc2)cc1)c1ccccc1P(C1CCCCC1)C1CCCCC1)[S@](=O)C(C)(C)C. The van der Waals surface area contributed by atoms with Crippen LogP contribution in [0.3, 0.4) is 0 Å². The van der Waals surface area contributed by atoms with E-state index in [9.17, 15) is 4.21 Å². The first-order valence-corrected chi connectivity index (χ1v) is 18.1. The van der Waals surface area contributed by atoms with E-state index in [1.807, 2.05) is 0 Å². The van der Waals surface area contributed by atoms with Crippen molar-refractivity contribution in [1.82, 2.24) is 4.31 Å². The topological polar surface area (TPSA) is 20.3 Å². The maximum atomic E-state index is 14.0. The molecule has 0 unspecified atom stereocenters. The first kappa shape index (κ1) is 29.7. The lowest BCUT2D eigenvalue weighted by Gasteiger charge is -2.41. The minimum atomic E-state index is -1.14. The fraction of sp³-hybridized carbons (Fsp3) is 0.500. The first-order chi connectivity index (χ1) is 19.3. The molecule has 0 N–H and O–H groups in total. The van der Waals surface area contributed by atoms with Crippen LogP contribution in [-0.4, -0.2) is 31.6 Å². The molecule has 3 aromatic rings. The van der Waals surface area contributed by atoms with Crippen molar-refractivity contribution in [2.24, 2.45) is 0 Å². The molecule has 0 spiro atoms. The van der Waals surface area contributed by atoms with Crippen molar-refractivity contribution < 1.29 is 4.21 Å². The van der Waals surface area contributed by atoms with E-state index in [1.54, 1.807) is 5.30 Å². The summed E-state index contributed by atoms with van der Waals surface area (Å²) in [4.78, 5) is 0. The number of nitrogens with zero attached hydrogens (tertiary/aromatic N) is 1. The van der Waals surface area contributed by atoms with Gasteiger partial charge >= 0.3 is 0 Å². The van der Waals surface area contributed by atoms with Gasteiger partial charge < -0.3 is 0 Å². The van der Waals surface area contributed by atoms with Crippen molar-refractivity contribution >= 4 is 24.2 Å². The smallest absolute Gasteiger partial charge is 0.100 e. The second-order valence-corrected chi connectivity index (χ2v) is 17.9. The van der Waals surface area contributed by atoms with Crippen LogP contribution in [0.15, 0.2) is 78.9 Å². The van der Waals surface area contributed by atoms with Gasteiger partial charge in [0.05, 0.1) is 10.8 Å². The van der Waals surface area contributed by atoms with Gasteiger partial charge in [0.25, 0.3) is 0 Å². The largest absolute Gasteiger partial charge is 0.242 e. The predicted octanol–water partition coefficient (Wildman–Crippen LogP) is 9.61. The van der Waals surface area contributed by atoms with Gasteiger partial charge in [0.2, 0.25) is 0 Å². The highest BCUT2D eigenvalue weighted by Gasteiger charge is 2.37. The summed E-state index contributed by atoms with van der Waals surface area (Å²) >= 11 is 0. The predicted molar refractivity (Wildman–Crippen MR) is 176 cm³/mol. The van der Waals surface area contributed by atoms with E-state index in [0.29, 0.717) is 0 Å². The molecular formula is C36H48NOPS. The van der Waals surface area contributed by atoms with Crippen LogP contribution in [0.4, 0.5) is 0 Å². The lowest BCUT2D eigenvalue weighted by atomic mass is 9.96. The molecule has 2 atom stereocenters.